The Morgan fingerprint density at radius 3 is 1.84 bits per heavy atom. The molecule has 0 aliphatic carbocycles. The summed E-state index contributed by atoms with van der Waals surface area (Å²) in [5.74, 6) is -5.84. The van der Waals surface area contributed by atoms with Gasteiger partial charge in [0.15, 0.2) is 34.9 Å². The molecule has 2 aliphatic heterocycles. The Morgan fingerprint density at radius 2 is 1.42 bits per heavy atom. The number of carbonyl (C=O) groups is 3. The Labute approximate surface area is 344 Å². The molecule has 2 aliphatic rings. The van der Waals surface area contributed by atoms with Crippen LogP contribution in [0.2, 0.25) is 0 Å². The zero-order valence-corrected chi connectivity index (χ0v) is 34.7. The fraction of sp³-hybridized carbons (Fsp3) is 0.688. The van der Waals surface area contributed by atoms with Crippen LogP contribution < -0.4 is 128 Å². The number of aliphatic hydroxyl groups excluding tert-OH is 1. The fourth-order valence-electron chi connectivity index (χ4n) is 3.53. The third-order valence-corrected chi connectivity index (χ3v) is 6.24. The smallest absolute Gasteiger partial charge is 0.735 e. The molecule has 0 bridgehead atoms. The number of carboxylic acids is 1. The number of aliphatic carboxylic acids is 1. The van der Waals surface area contributed by atoms with Crippen molar-refractivity contribution in [3.8, 4) is 0 Å². The standard InChI is InChI=1S/C16H23NO21S3.4Na/c1-5(18)33-7-3-8(14(20)21)36-16(12(7)38-41(29,30)31)37-11-9(4-32-40(26,27)28)35-15(22)10(17-39(23,24)25)13(11)34-6(2)19;;;;/h3,7,9-13,15-17,22H,4H2,1-2H3,(H,20,21)(H,23,24,25)(H,26,27,28)(H,29,30,31);;;;/q;4*+1/p-4/t7-,9+,10+,11+,12+,13+,15-,16-;;;;/m0..../s1. The second-order valence-electron chi connectivity index (χ2n) is 7.88. The van der Waals surface area contributed by atoms with Gasteiger partial charge in [-0.3, -0.25) is 18.0 Å². The van der Waals surface area contributed by atoms with Crippen molar-refractivity contribution in [3.05, 3.63) is 11.8 Å². The molecule has 0 aromatic heterocycles. The van der Waals surface area contributed by atoms with E-state index in [-0.39, 0.29) is 118 Å². The molecule has 1 saturated heterocycles. The van der Waals surface area contributed by atoms with Gasteiger partial charge in [0.25, 0.3) is 0 Å². The average Bonchev–Trinajstić information content (AvgIpc) is 2.75. The molecule has 0 amide bonds. The predicted octanol–water partition coefficient (Wildman–Crippen LogP) is -18.3. The molecular formula is C16H19NNa4O21S3. The van der Waals surface area contributed by atoms with Crippen LogP contribution in [0.25, 0.3) is 0 Å². The molecule has 0 saturated carbocycles. The summed E-state index contributed by atoms with van der Waals surface area (Å²) in [6.07, 6.45) is -15.8. The first kappa shape index (κ1) is 50.8. The van der Waals surface area contributed by atoms with Crippen molar-refractivity contribution in [1.29, 1.82) is 0 Å². The minimum absolute atomic E-state index is 0. The normalized spacial score (nSPS) is 28.2. The summed E-state index contributed by atoms with van der Waals surface area (Å²) in [5, 5.41) is 21.7. The van der Waals surface area contributed by atoms with Crippen LogP contribution in [0.1, 0.15) is 13.8 Å². The van der Waals surface area contributed by atoms with Crippen molar-refractivity contribution in [1.82, 2.24) is 4.72 Å². The molecule has 0 aromatic rings. The van der Waals surface area contributed by atoms with E-state index in [1.807, 2.05) is 0 Å². The third-order valence-electron chi connectivity index (χ3n) is 4.80. The SMILES string of the molecule is CC(=O)O[C@@H]1[C@@H](NS(=O)(=O)[O-])[C@@H](O)O[C@H](COS(=O)(=O)[O-])[C@H]1O[C@@H]1OC(C(=O)[O-])=C[C@H](OC(C)=O)[C@H]1OS(=O)(=O)[O-].[Na+].[Na+].[Na+].[Na+]. The van der Waals surface area contributed by atoms with Crippen molar-refractivity contribution in [2.75, 3.05) is 6.61 Å². The maximum atomic E-state index is 11.8. The van der Waals surface area contributed by atoms with Gasteiger partial charge in [-0.05, 0) is 0 Å². The zero-order chi connectivity index (χ0) is 31.5. The second kappa shape index (κ2) is 21.0. The summed E-state index contributed by atoms with van der Waals surface area (Å²) in [6, 6.07) is -2.28. The number of carboxylic acid groups (broad SMARTS) is 1. The van der Waals surface area contributed by atoms with E-state index in [0.717, 1.165) is 13.8 Å². The van der Waals surface area contributed by atoms with E-state index < -0.39 is 111 Å². The maximum Gasteiger partial charge on any atom is 1.00 e. The molecule has 0 aromatic carbocycles. The average molecular weight is 749 g/mol. The van der Waals surface area contributed by atoms with Crippen molar-refractivity contribution in [2.24, 2.45) is 0 Å². The molecule has 0 radical (unpaired) electrons. The van der Waals surface area contributed by atoms with E-state index in [2.05, 4.69) is 8.37 Å². The number of ether oxygens (including phenoxy) is 5. The Hall–Kier alpha value is 1.44. The van der Waals surface area contributed by atoms with E-state index in [1.165, 1.54) is 4.72 Å². The van der Waals surface area contributed by atoms with Gasteiger partial charge in [-0.25, -0.2) is 30.0 Å². The number of hydrogen-bond acceptors (Lipinski definition) is 21. The van der Waals surface area contributed by atoms with E-state index in [4.69, 9.17) is 23.7 Å². The molecule has 1 fully saturated rings. The summed E-state index contributed by atoms with van der Waals surface area (Å²) in [7, 11) is -16.8. The van der Waals surface area contributed by atoms with E-state index in [9.17, 15) is 63.5 Å². The molecule has 0 spiro atoms. The molecule has 236 valence electrons. The largest absolute Gasteiger partial charge is 1.00 e. The number of rotatable bonds is 12. The van der Waals surface area contributed by atoms with Crippen LogP contribution in [0.4, 0.5) is 0 Å². The Morgan fingerprint density at radius 1 is 0.889 bits per heavy atom. The van der Waals surface area contributed by atoms with E-state index >= 15 is 0 Å². The Kier molecular flexibility index (Phi) is 23.7. The number of esters is 2. The molecule has 2 rings (SSSR count). The van der Waals surface area contributed by atoms with Gasteiger partial charge in [0.1, 0.15) is 30.0 Å². The minimum Gasteiger partial charge on any atom is -0.735 e. The monoisotopic (exact) mass is 749 g/mol. The van der Waals surface area contributed by atoms with Gasteiger partial charge >= 0.3 is 130 Å². The number of nitrogens with one attached hydrogen (secondary N) is 1. The summed E-state index contributed by atoms with van der Waals surface area (Å²) < 4.78 is 136. The van der Waals surface area contributed by atoms with Gasteiger partial charge in [-0.15, -0.1) is 0 Å². The molecular weight excluding hydrogens is 730 g/mol. The van der Waals surface area contributed by atoms with Crippen LogP contribution in [0.5, 0.6) is 0 Å². The minimum atomic E-state index is -5.75. The number of carbonyl (C=O) groups excluding carboxylic acids is 3. The molecule has 8 atom stereocenters. The maximum absolute atomic E-state index is 11.8. The molecule has 2 heterocycles. The predicted molar refractivity (Wildman–Crippen MR) is 112 cm³/mol. The number of aliphatic hydroxyl groups is 1. The molecule has 29 heteroatoms. The van der Waals surface area contributed by atoms with Gasteiger partial charge in [0, 0.05) is 19.9 Å². The van der Waals surface area contributed by atoms with Crippen LogP contribution >= 0.6 is 0 Å². The van der Waals surface area contributed by atoms with Crippen LogP contribution in [-0.2, 0) is 77.5 Å². The summed E-state index contributed by atoms with van der Waals surface area (Å²) >= 11 is 0. The van der Waals surface area contributed by atoms with Crippen LogP contribution in [0.3, 0.4) is 0 Å². The quantitative estimate of drug-likeness (QED) is 0.0809. The Balaban J connectivity index is -0.00000441. The Bertz CT molecular complexity index is 1380. The van der Waals surface area contributed by atoms with Gasteiger partial charge in [0.2, 0.25) is 27.1 Å². The molecule has 2 N–H and O–H groups in total. The van der Waals surface area contributed by atoms with E-state index in [0.29, 0.717) is 6.08 Å². The van der Waals surface area contributed by atoms with Crippen molar-refractivity contribution in [2.45, 2.75) is 63.0 Å². The summed E-state index contributed by atoms with van der Waals surface area (Å²) in [4.78, 5) is 34.8. The summed E-state index contributed by atoms with van der Waals surface area (Å²) in [5.41, 5.74) is 0. The van der Waals surface area contributed by atoms with Crippen molar-refractivity contribution < 1.29 is 214 Å². The van der Waals surface area contributed by atoms with Crippen LogP contribution in [-0.4, -0.2) is 118 Å². The second-order valence-corrected chi connectivity index (χ2v) is 11.1. The van der Waals surface area contributed by atoms with Crippen molar-refractivity contribution in [3.63, 3.8) is 0 Å². The first-order chi connectivity index (χ1) is 18.6. The first-order valence-electron chi connectivity index (χ1n) is 10.5. The van der Waals surface area contributed by atoms with E-state index in [1.54, 1.807) is 0 Å². The van der Waals surface area contributed by atoms with Crippen molar-refractivity contribution >= 4 is 49.0 Å². The van der Waals surface area contributed by atoms with Gasteiger partial charge in [-0.2, -0.15) is 0 Å². The van der Waals surface area contributed by atoms with Gasteiger partial charge in [-0.1, -0.05) is 0 Å². The number of hydrogen-bond donors (Lipinski definition) is 2. The molecule has 0 unspecified atom stereocenters. The van der Waals surface area contributed by atoms with Gasteiger partial charge in [0.05, 0.1) is 6.61 Å². The topological polar surface area (TPSA) is 343 Å². The molecule has 22 nitrogen and oxygen atoms in total. The molecule has 45 heavy (non-hydrogen) atoms. The van der Waals surface area contributed by atoms with Crippen LogP contribution in [0.15, 0.2) is 11.8 Å². The zero-order valence-electron chi connectivity index (χ0n) is 24.2. The first-order valence-corrected chi connectivity index (χ1v) is 14.5. The van der Waals surface area contributed by atoms with Gasteiger partial charge < -0.3 is 52.4 Å². The fourth-order valence-corrected chi connectivity index (χ4v) is 4.89. The summed E-state index contributed by atoms with van der Waals surface area (Å²) in [6.45, 7) is 0.0802. The third kappa shape index (κ3) is 17.8. The van der Waals surface area contributed by atoms with Crippen LogP contribution in [0, 0.1) is 0 Å².